The normalized spacial score (nSPS) is 17.3. The summed E-state index contributed by atoms with van der Waals surface area (Å²) in [6, 6.07) is 7.95. The number of hydrogen-bond donors (Lipinski definition) is 2. The van der Waals surface area contributed by atoms with Crippen LogP contribution in [0, 0.1) is 5.92 Å². The third kappa shape index (κ3) is 3.68. The predicted octanol–water partition coefficient (Wildman–Crippen LogP) is 3.16. The minimum Gasteiger partial charge on any atom is -0.321 e. The fourth-order valence-electron chi connectivity index (χ4n) is 3.00. The molecular formula is C17H20N2O3S2. The zero-order chi connectivity index (χ0) is 17.3. The quantitative estimate of drug-likeness (QED) is 0.873. The van der Waals surface area contributed by atoms with Crippen LogP contribution in [0.25, 0.3) is 0 Å². The Labute approximate surface area is 145 Å². The average Bonchev–Trinajstić information content (AvgIpc) is 2.97. The summed E-state index contributed by atoms with van der Waals surface area (Å²) >= 11 is 1.53. The SMILES string of the molecule is CCC1CCc2sc(C(=O)Nc3cccc(S(N)(=O)=O)c3)cc2C1. The van der Waals surface area contributed by atoms with Gasteiger partial charge >= 0.3 is 0 Å². The topological polar surface area (TPSA) is 89.3 Å². The summed E-state index contributed by atoms with van der Waals surface area (Å²) in [5.41, 5.74) is 1.70. The summed E-state index contributed by atoms with van der Waals surface area (Å²) < 4.78 is 22.8. The minimum absolute atomic E-state index is 0.0171. The van der Waals surface area contributed by atoms with Crippen LogP contribution in [0.15, 0.2) is 35.2 Å². The highest BCUT2D eigenvalue weighted by molar-refractivity contribution is 7.89. The number of carbonyl (C=O) groups excluding carboxylic acids is 1. The van der Waals surface area contributed by atoms with E-state index >= 15 is 0 Å². The molecule has 0 bridgehead atoms. The van der Waals surface area contributed by atoms with E-state index in [1.165, 1.54) is 40.3 Å². The number of carbonyl (C=O) groups is 1. The minimum atomic E-state index is -3.79. The molecular weight excluding hydrogens is 344 g/mol. The number of primary sulfonamides is 1. The molecule has 5 nitrogen and oxygen atoms in total. The van der Waals surface area contributed by atoms with E-state index in [-0.39, 0.29) is 10.8 Å². The van der Waals surface area contributed by atoms with Gasteiger partial charge in [0, 0.05) is 10.6 Å². The van der Waals surface area contributed by atoms with E-state index in [2.05, 4.69) is 12.2 Å². The van der Waals surface area contributed by atoms with Gasteiger partial charge in [-0.2, -0.15) is 0 Å². The second-order valence-electron chi connectivity index (χ2n) is 6.10. The Kier molecular flexibility index (Phi) is 4.76. The van der Waals surface area contributed by atoms with Crippen LogP contribution >= 0.6 is 11.3 Å². The Morgan fingerprint density at radius 1 is 1.38 bits per heavy atom. The lowest BCUT2D eigenvalue weighted by Crippen LogP contribution is -2.14. The highest BCUT2D eigenvalue weighted by Crippen LogP contribution is 2.33. The first kappa shape index (κ1) is 17.1. The summed E-state index contributed by atoms with van der Waals surface area (Å²) in [7, 11) is -3.79. The summed E-state index contributed by atoms with van der Waals surface area (Å²) in [5.74, 6) is 0.489. The third-order valence-corrected chi connectivity index (χ3v) is 6.55. The molecule has 0 saturated carbocycles. The summed E-state index contributed by atoms with van der Waals surface area (Å²) in [5, 5.41) is 7.88. The number of nitrogens with one attached hydrogen (secondary N) is 1. The first-order valence-corrected chi connectivity index (χ1v) is 10.3. The van der Waals surface area contributed by atoms with Crippen molar-refractivity contribution < 1.29 is 13.2 Å². The third-order valence-electron chi connectivity index (χ3n) is 4.41. The van der Waals surface area contributed by atoms with Gasteiger partial charge in [-0.05, 0) is 55.0 Å². The van der Waals surface area contributed by atoms with Crippen LogP contribution in [0.3, 0.4) is 0 Å². The van der Waals surface area contributed by atoms with E-state index in [9.17, 15) is 13.2 Å². The summed E-state index contributed by atoms with van der Waals surface area (Å²) in [6.07, 6.45) is 4.42. The molecule has 1 aliphatic rings. The van der Waals surface area contributed by atoms with Gasteiger partial charge in [-0.15, -0.1) is 11.3 Å². The van der Waals surface area contributed by atoms with Crippen LogP contribution in [0.2, 0.25) is 0 Å². The Morgan fingerprint density at radius 2 is 2.17 bits per heavy atom. The largest absolute Gasteiger partial charge is 0.321 e. The van der Waals surface area contributed by atoms with Crippen molar-refractivity contribution in [2.75, 3.05) is 5.32 Å². The zero-order valence-corrected chi connectivity index (χ0v) is 15.0. The van der Waals surface area contributed by atoms with Gasteiger partial charge in [0.15, 0.2) is 0 Å². The molecule has 1 unspecified atom stereocenters. The molecule has 1 amide bonds. The van der Waals surface area contributed by atoms with Crippen LogP contribution in [-0.2, 0) is 22.9 Å². The summed E-state index contributed by atoms with van der Waals surface area (Å²) in [6.45, 7) is 2.20. The number of hydrogen-bond acceptors (Lipinski definition) is 4. The fraction of sp³-hybridized carbons (Fsp3) is 0.353. The van der Waals surface area contributed by atoms with Gasteiger partial charge in [0.1, 0.15) is 0 Å². The lowest BCUT2D eigenvalue weighted by molar-refractivity contribution is 0.103. The maximum Gasteiger partial charge on any atom is 0.265 e. The number of benzene rings is 1. The van der Waals surface area contributed by atoms with Gasteiger partial charge in [0.25, 0.3) is 5.91 Å². The first-order valence-electron chi connectivity index (χ1n) is 7.92. The van der Waals surface area contributed by atoms with Crippen molar-refractivity contribution in [1.82, 2.24) is 0 Å². The number of fused-ring (bicyclic) bond motifs is 1. The number of nitrogens with two attached hydrogens (primary N) is 1. The molecule has 1 aromatic carbocycles. The van der Waals surface area contributed by atoms with Crippen LogP contribution in [0.1, 0.15) is 39.9 Å². The molecule has 3 N–H and O–H groups in total. The molecule has 0 fully saturated rings. The number of anilines is 1. The van der Waals surface area contributed by atoms with Crippen LogP contribution in [0.5, 0.6) is 0 Å². The molecule has 7 heteroatoms. The van der Waals surface area contributed by atoms with E-state index < -0.39 is 10.0 Å². The molecule has 1 heterocycles. The van der Waals surface area contributed by atoms with Gasteiger partial charge in [0.2, 0.25) is 10.0 Å². The molecule has 1 aromatic heterocycles. The Bertz CT molecular complexity index is 872. The van der Waals surface area contributed by atoms with E-state index in [4.69, 9.17) is 5.14 Å². The maximum absolute atomic E-state index is 12.5. The van der Waals surface area contributed by atoms with Crippen LogP contribution in [-0.4, -0.2) is 14.3 Å². The number of sulfonamides is 1. The fourth-order valence-corrected chi connectivity index (χ4v) is 4.67. The van der Waals surface area contributed by atoms with Crippen molar-refractivity contribution >= 4 is 33.0 Å². The van der Waals surface area contributed by atoms with Crippen molar-refractivity contribution in [1.29, 1.82) is 0 Å². The van der Waals surface area contributed by atoms with E-state index in [0.717, 1.165) is 19.3 Å². The number of thiophene rings is 1. The smallest absolute Gasteiger partial charge is 0.265 e. The van der Waals surface area contributed by atoms with Gasteiger partial charge in [-0.1, -0.05) is 19.4 Å². The van der Waals surface area contributed by atoms with Gasteiger partial charge in [0.05, 0.1) is 9.77 Å². The highest BCUT2D eigenvalue weighted by atomic mass is 32.2. The maximum atomic E-state index is 12.5. The van der Waals surface area contributed by atoms with Crippen LogP contribution < -0.4 is 10.5 Å². The number of rotatable bonds is 4. The standard InChI is InChI=1S/C17H20N2O3S2/c1-2-11-6-7-15-12(8-11)9-16(23-15)17(20)19-13-4-3-5-14(10-13)24(18,21)22/h3-5,9-11H,2,6-8H2,1H3,(H,19,20)(H2,18,21,22). The van der Waals surface area contributed by atoms with Crippen molar-refractivity contribution in [3.63, 3.8) is 0 Å². The van der Waals surface area contributed by atoms with Crippen molar-refractivity contribution in [2.45, 2.75) is 37.5 Å². The average molecular weight is 364 g/mol. The second kappa shape index (κ2) is 6.66. The Morgan fingerprint density at radius 3 is 2.88 bits per heavy atom. The molecule has 1 aliphatic carbocycles. The van der Waals surface area contributed by atoms with Gasteiger partial charge in [-0.25, -0.2) is 13.6 Å². The lowest BCUT2D eigenvalue weighted by atomic mass is 9.87. The molecule has 0 saturated heterocycles. The van der Waals surface area contributed by atoms with Crippen molar-refractivity contribution in [3.05, 3.63) is 45.6 Å². The van der Waals surface area contributed by atoms with Gasteiger partial charge < -0.3 is 5.32 Å². The van der Waals surface area contributed by atoms with Crippen molar-refractivity contribution in [2.24, 2.45) is 11.1 Å². The van der Waals surface area contributed by atoms with Crippen molar-refractivity contribution in [3.8, 4) is 0 Å². The molecule has 0 spiro atoms. The molecule has 1 atom stereocenters. The van der Waals surface area contributed by atoms with E-state index in [0.29, 0.717) is 16.5 Å². The molecule has 0 radical (unpaired) electrons. The molecule has 2 aromatic rings. The van der Waals surface area contributed by atoms with E-state index in [1.54, 1.807) is 12.1 Å². The number of amides is 1. The Balaban J connectivity index is 1.78. The zero-order valence-electron chi connectivity index (χ0n) is 13.4. The molecule has 3 rings (SSSR count). The molecule has 128 valence electrons. The number of aryl methyl sites for hydroxylation is 1. The predicted molar refractivity (Wildman–Crippen MR) is 95.9 cm³/mol. The lowest BCUT2D eigenvalue weighted by Gasteiger charge is -2.19. The molecule has 24 heavy (non-hydrogen) atoms. The Hall–Kier alpha value is -1.70. The van der Waals surface area contributed by atoms with Crippen LogP contribution in [0.4, 0.5) is 5.69 Å². The second-order valence-corrected chi connectivity index (χ2v) is 8.80. The monoisotopic (exact) mass is 364 g/mol. The van der Waals surface area contributed by atoms with E-state index in [1.807, 2.05) is 6.07 Å². The molecule has 0 aliphatic heterocycles. The first-order chi connectivity index (χ1) is 11.4. The summed E-state index contributed by atoms with van der Waals surface area (Å²) in [4.78, 5) is 14.4. The highest BCUT2D eigenvalue weighted by Gasteiger charge is 2.22. The van der Waals surface area contributed by atoms with Gasteiger partial charge in [-0.3, -0.25) is 4.79 Å².